The van der Waals surface area contributed by atoms with E-state index in [0.717, 1.165) is 49.4 Å². The van der Waals surface area contributed by atoms with Gasteiger partial charge in [-0.3, -0.25) is 24.5 Å². The number of rotatable bonds is 11. The third-order valence-corrected chi connectivity index (χ3v) is 8.97. The second-order valence-electron chi connectivity index (χ2n) is 12.4. The Morgan fingerprint density at radius 1 is 0.509 bits per heavy atom. The minimum absolute atomic E-state index is 0.153. The van der Waals surface area contributed by atoms with Crippen molar-refractivity contribution in [1.82, 2.24) is 15.0 Å². The maximum absolute atomic E-state index is 12.8. The standard InChI is InChI=1S/C44H33N5O4/c50-40(48-38-13-3-7-31-9-5-24-46-43(31)38)27-52-33-19-15-29(16-20-33)42(36-23-26-45-37-12-2-1-11-35(36)37)30-17-21-34(22-18-30)53-28-41(51)49-39-14-4-8-32-10-6-25-47-44(32)39/h1-26,42H,27-28H2,(H,48,50)(H,49,51). The topological polar surface area (TPSA) is 115 Å². The first kappa shape index (κ1) is 33.0. The van der Waals surface area contributed by atoms with E-state index in [4.69, 9.17) is 9.47 Å². The number of hydrogen-bond donors (Lipinski definition) is 2. The summed E-state index contributed by atoms with van der Waals surface area (Å²) in [4.78, 5) is 39.1. The van der Waals surface area contributed by atoms with E-state index in [9.17, 15) is 9.59 Å². The number of carbonyl (C=O) groups is 2. The van der Waals surface area contributed by atoms with Crippen molar-refractivity contribution < 1.29 is 19.1 Å². The first-order valence-corrected chi connectivity index (χ1v) is 17.2. The van der Waals surface area contributed by atoms with Crippen LogP contribution in [0.15, 0.2) is 158 Å². The van der Waals surface area contributed by atoms with Crippen LogP contribution in [0.2, 0.25) is 0 Å². The molecule has 0 aliphatic rings. The largest absolute Gasteiger partial charge is 0.484 e. The Kier molecular flexibility index (Phi) is 9.35. The van der Waals surface area contributed by atoms with Crippen molar-refractivity contribution in [3.8, 4) is 11.5 Å². The Hall–Kier alpha value is -7.13. The molecule has 3 aromatic heterocycles. The lowest BCUT2D eigenvalue weighted by Gasteiger charge is -2.21. The van der Waals surface area contributed by atoms with E-state index in [0.29, 0.717) is 22.9 Å². The molecule has 0 spiro atoms. The second kappa shape index (κ2) is 15.0. The monoisotopic (exact) mass is 695 g/mol. The number of anilines is 2. The predicted molar refractivity (Wildman–Crippen MR) is 207 cm³/mol. The van der Waals surface area contributed by atoms with Crippen LogP contribution in [0.3, 0.4) is 0 Å². The third-order valence-electron chi connectivity index (χ3n) is 8.97. The van der Waals surface area contributed by atoms with Gasteiger partial charge in [-0.05, 0) is 77.4 Å². The van der Waals surface area contributed by atoms with Crippen LogP contribution in [-0.4, -0.2) is 40.0 Å². The van der Waals surface area contributed by atoms with Gasteiger partial charge in [0.1, 0.15) is 11.5 Å². The Morgan fingerprint density at radius 3 is 1.57 bits per heavy atom. The van der Waals surface area contributed by atoms with E-state index < -0.39 is 0 Å². The normalized spacial score (nSPS) is 11.1. The van der Waals surface area contributed by atoms with Crippen LogP contribution in [0.5, 0.6) is 11.5 Å². The summed E-state index contributed by atoms with van der Waals surface area (Å²) < 4.78 is 11.8. The molecule has 0 saturated carbocycles. The van der Waals surface area contributed by atoms with Gasteiger partial charge in [0.15, 0.2) is 13.2 Å². The third kappa shape index (κ3) is 7.36. The quantitative estimate of drug-likeness (QED) is 0.139. The van der Waals surface area contributed by atoms with E-state index in [1.165, 1.54) is 0 Å². The van der Waals surface area contributed by atoms with Crippen molar-refractivity contribution in [1.29, 1.82) is 0 Å². The van der Waals surface area contributed by atoms with Crippen LogP contribution in [0.1, 0.15) is 22.6 Å². The number of para-hydroxylation sites is 3. The number of benzene rings is 5. The predicted octanol–water partition coefficient (Wildman–Crippen LogP) is 8.55. The van der Waals surface area contributed by atoms with Gasteiger partial charge in [-0.2, -0.15) is 0 Å². The van der Waals surface area contributed by atoms with E-state index >= 15 is 0 Å². The summed E-state index contributed by atoms with van der Waals surface area (Å²) in [5.41, 5.74) is 6.76. The van der Waals surface area contributed by atoms with Gasteiger partial charge in [0, 0.05) is 40.7 Å². The molecule has 5 aromatic carbocycles. The average molecular weight is 696 g/mol. The fraction of sp³-hybridized carbons (Fsp3) is 0.0682. The maximum atomic E-state index is 12.8. The molecule has 0 aliphatic heterocycles. The van der Waals surface area contributed by atoms with Gasteiger partial charge in [0.2, 0.25) is 0 Å². The molecule has 9 nitrogen and oxygen atoms in total. The summed E-state index contributed by atoms with van der Waals surface area (Å²) in [5, 5.41) is 8.76. The molecule has 8 aromatic rings. The summed E-state index contributed by atoms with van der Waals surface area (Å²) in [6.07, 6.45) is 5.23. The fourth-order valence-corrected chi connectivity index (χ4v) is 6.51. The number of ether oxygens (including phenoxy) is 2. The summed E-state index contributed by atoms with van der Waals surface area (Å²) >= 11 is 0. The summed E-state index contributed by atoms with van der Waals surface area (Å²) in [6.45, 7) is -0.307. The van der Waals surface area contributed by atoms with Gasteiger partial charge in [0.25, 0.3) is 11.8 Å². The van der Waals surface area contributed by atoms with Crippen LogP contribution in [0.4, 0.5) is 11.4 Å². The van der Waals surface area contributed by atoms with Crippen molar-refractivity contribution in [2.45, 2.75) is 5.92 Å². The molecule has 258 valence electrons. The fourth-order valence-electron chi connectivity index (χ4n) is 6.51. The number of carbonyl (C=O) groups excluding carboxylic acids is 2. The molecule has 3 heterocycles. The van der Waals surface area contributed by atoms with E-state index in [2.05, 4.69) is 31.7 Å². The number of nitrogens with one attached hydrogen (secondary N) is 2. The zero-order valence-electron chi connectivity index (χ0n) is 28.5. The van der Waals surface area contributed by atoms with Crippen LogP contribution >= 0.6 is 0 Å². The van der Waals surface area contributed by atoms with Gasteiger partial charge in [-0.1, -0.05) is 78.9 Å². The summed E-state index contributed by atoms with van der Waals surface area (Å²) in [6, 6.07) is 44.6. The van der Waals surface area contributed by atoms with E-state index in [1.807, 2.05) is 140 Å². The lowest BCUT2D eigenvalue weighted by Crippen LogP contribution is -2.20. The molecular formula is C44H33N5O4. The van der Waals surface area contributed by atoms with Gasteiger partial charge in [-0.15, -0.1) is 0 Å². The van der Waals surface area contributed by atoms with Crippen molar-refractivity contribution in [3.05, 3.63) is 175 Å². The van der Waals surface area contributed by atoms with Gasteiger partial charge >= 0.3 is 0 Å². The van der Waals surface area contributed by atoms with E-state index in [1.54, 1.807) is 12.4 Å². The molecule has 0 saturated heterocycles. The summed E-state index contributed by atoms with van der Waals surface area (Å²) in [7, 11) is 0. The highest BCUT2D eigenvalue weighted by atomic mass is 16.5. The number of aromatic nitrogens is 3. The second-order valence-corrected chi connectivity index (χ2v) is 12.4. The lowest BCUT2D eigenvalue weighted by atomic mass is 9.83. The SMILES string of the molecule is O=C(COc1ccc(C(c2ccc(OCC(=O)Nc3cccc4cccnc34)cc2)c2ccnc3ccccc23)cc1)Nc1cccc2cccnc12. The Labute approximate surface area is 305 Å². The molecular weight excluding hydrogens is 663 g/mol. The maximum Gasteiger partial charge on any atom is 0.262 e. The average Bonchev–Trinajstić information content (AvgIpc) is 3.21. The molecule has 8 rings (SSSR count). The zero-order chi connectivity index (χ0) is 36.0. The van der Waals surface area contributed by atoms with Gasteiger partial charge in [0.05, 0.1) is 27.9 Å². The first-order valence-electron chi connectivity index (χ1n) is 17.2. The smallest absolute Gasteiger partial charge is 0.262 e. The number of fused-ring (bicyclic) bond motifs is 3. The highest BCUT2D eigenvalue weighted by Gasteiger charge is 2.20. The highest BCUT2D eigenvalue weighted by molar-refractivity contribution is 6.01. The molecule has 0 atom stereocenters. The van der Waals surface area contributed by atoms with Gasteiger partial charge < -0.3 is 20.1 Å². The highest BCUT2D eigenvalue weighted by Crippen LogP contribution is 2.37. The Balaban J connectivity index is 0.981. The molecule has 0 aliphatic carbocycles. The lowest BCUT2D eigenvalue weighted by molar-refractivity contribution is -0.118. The van der Waals surface area contributed by atoms with Crippen LogP contribution in [-0.2, 0) is 9.59 Å². The van der Waals surface area contributed by atoms with Crippen LogP contribution in [0, 0.1) is 0 Å². The molecule has 0 unspecified atom stereocenters. The molecule has 0 fully saturated rings. The number of amides is 2. The van der Waals surface area contributed by atoms with Crippen molar-refractivity contribution in [2.75, 3.05) is 23.8 Å². The van der Waals surface area contributed by atoms with Crippen molar-refractivity contribution in [3.63, 3.8) is 0 Å². The first-order chi connectivity index (χ1) is 26.1. The minimum Gasteiger partial charge on any atom is -0.484 e. The van der Waals surface area contributed by atoms with Crippen molar-refractivity contribution >= 4 is 55.9 Å². The minimum atomic E-state index is -0.279. The number of nitrogens with zero attached hydrogens (tertiary/aromatic N) is 3. The molecule has 2 N–H and O–H groups in total. The summed E-state index contributed by atoms with van der Waals surface area (Å²) in [5.74, 6) is 0.423. The van der Waals surface area contributed by atoms with Crippen molar-refractivity contribution in [2.24, 2.45) is 0 Å². The van der Waals surface area contributed by atoms with Gasteiger partial charge in [-0.25, -0.2) is 0 Å². The number of hydrogen-bond acceptors (Lipinski definition) is 7. The molecule has 53 heavy (non-hydrogen) atoms. The number of pyridine rings is 3. The molecule has 0 radical (unpaired) electrons. The Bertz CT molecular complexity index is 2420. The van der Waals surface area contributed by atoms with E-state index in [-0.39, 0.29) is 30.9 Å². The molecule has 0 bridgehead atoms. The van der Waals surface area contributed by atoms with Crippen LogP contribution in [0.25, 0.3) is 32.7 Å². The molecule has 9 heteroatoms. The van der Waals surface area contributed by atoms with Crippen LogP contribution < -0.4 is 20.1 Å². The Morgan fingerprint density at radius 2 is 1.02 bits per heavy atom. The molecule has 2 amide bonds. The zero-order valence-corrected chi connectivity index (χ0v) is 28.5.